The quantitative estimate of drug-likeness (QED) is 0.868. The summed E-state index contributed by atoms with van der Waals surface area (Å²) in [6.45, 7) is 5.07. The van der Waals surface area contributed by atoms with Crippen molar-refractivity contribution in [2.75, 3.05) is 32.8 Å². The number of carbonyl (C=O) groups is 1. The van der Waals surface area contributed by atoms with Gasteiger partial charge < -0.3 is 15.0 Å². The minimum atomic E-state index is 0.331. The Bertz CT molecular complexity index is 341. The molecule has 3 rings (SSSR count). The van der Waals surface area contributed by atoms with Crippen molar-refractivity contribution >= 4 is 5.91 Å². The van der Waals surface area contributed by atoms with Crippen LogP contribution in [0.2, 0.25) is 0 Å². The zero-order chi connectivity index (χ0) is 14.5. The Balaban J connectivity index is 1.47. The molecule has 2 atom stereocenters. The van der Waals surface area contributed by atoms with E-state index in [1.807, 2.05) is 0 Å². The van der Waals surface area contributed by atoms with Crippen molar-refractivity contribution in [3.63, 3.8) is 0 Å². The van der Waals surface area contributed by atoms with Gasteiger partial charge in [-0.05, 0) is 57.9 Å². The van der Waals surface area contributed by atoms with Crippen LogP contribution in [0, 0.1) is 5.41 Å². The fraction of sp³-hybridized carbons (Fsp3) is 0.941. The van der Waals surface area contributed by atoms with E-state index in [0.29, 0.717) is 23.8 Å². The van der Waals surface area contributed by atoms with Gasteiger partial charge in [0.2, 0.25) is 5.91 Å². The number of rotatable bonds is 3. The summed E-state index contributed by atoms with van der Waals surface area (Å²) in [5.74, 6) is 0.355. The fourth-order valence-corrected chi connectivity index (χ4v) is 4.28. The minimum absolute atomic E-state index is 0.331. The van der Waals surface area contributed by atoms with E-state index in [1.54, 1.807) is 0 Å². The first-order chi connectivity index (χ1) is 10.3. The molecule has 1 spiro atoms. The molecule has 2 unspecified atom stereocenters. The highest BCUT2D eigenvalue weighted by Gasteiger charge is 2.37. The number of carbonyl (C=O) groups excluding carboxylic acids is 1. The standard InChI is InChI=1S/C17H30N2O2/c20-16(7-6-15-5-1-2-12-21-15)19-11-4-9-17(14-19)8-3-10-18-13-17/h15,18H,1-14H2. The van der Waals surface area contributed by atoms with Gasteiger partial charge >= 0.3 is 0 Å². The molecular formula is C17H30N2O2. The van der Waals surface area contributed by atoms with Crippen LogP contribution < -0.4 is 5.32 Å². The SMILES string of the molecule is O=C(CCC1CCCCO1)N1CCCC2(CCCNC2)C1. The third-order valence-corrected chi connectivity index (χ3v) is 5.53. The van der Waals surface area contributed by atoms with Crippen molar-refractivity contribution < 1.29 is 9.53 Å². The predicted molar refractivity (Wildman–Crippen MR) is 83.2 cm³/mol. The predicted octanol–water partition coefficient (Wildman–Crippen LogP) is 2.33. The van der Waals surface area contributed by atoms with Gasteiger partial charge in [-0.3, -0.25) is 4.79 Å². The van der Waals surface area contributed by atoms with E-state index in [1.165, 1.54) is 38.5 Å². The van der Waals surface area contributed by atoms with Crippen molar-refractivity contribution in [1.82, 2.24) is 10.2 Å². The number of hydrogen-bond acceptors (Lipinski definition) is 3. The molecule has 21 heavy (non-hydrogen) atoms. The first-order valence-electron chi connectivity index (χ1n) is 8.88. The Morgan fingerprint density at radius 1 is 1.24 bits per heavy atom. The lowest BCUT2D eigenvalue weighted by Gasteiger charge is -2.45. The number of nitrogens with one attached hydrogen (secondary N) is 1. The van der Waals surface area contributed by atoms with Crippen molar-refractivity contribution in [1.29, 1.82) is 0 Å². The molecule has 3 heterocycles. The van der Waals surface area contributed by atoms with Crippen LogP contribution in [-0.2, 0) is 9.53 Å². The van der Waals surface area contributed by atoms with Crippen LogP contribution >= 0.6 is 0 Å². The molecule has 3 saturated heterocycles. The lowest BCUT2D eigenvalue weighted by molar-refractivity contribution is -0.136. The van der Waals surface area contributed by atoms with Crippen molar-refractivity contribution in [3.05, 3.63) is 0 Å². The monoisotopic (exact) mass is 294 g/mol. The largest absolute Gasteiger partial charge is 0.378 e. The maximum absolute atomic E-state index is 12.5. The van der Waals surface area contributed by atoms with Crippen LogP contribution in [0.1, 0.15) is 57.8 Å². The molecule has 0 aliphatic carbocycles. The van der Waals surface area contributed by atoms with E-state index < -0.39 is 0 Å². The van der Waals surface area contributed by atoms with Crippen molar-refractivity contribution in [2.45, 2.75) is 63.9 Å². The highest BCUT2D eigenvalue weighted by Crippen LogP contribution is 2.36. The molecular weight excluding hydrogens is 264 g/mol. The number of piperidine rings is 2. The summed E-state index contributed by atoms with van der Waals surface area (Å²) in [5.41, 5.74) is 0.369. The summed E-state index contributed by atoms with van der Waals surface area (Å²) in [6, 6.07) is 0. The zero-order valence-corrected chi connectivity index (χ0v) is 13.2. The second-order valence-electron chi connectivity index (χ2n) is 7.23. The lowest BCUT2D eigenvalue weighted by atomic mass is 9.74. The zero-order valence-electron chi connectivity index (χ0n) is 13.2. The van der Waals surface area contributed by atoms with E-state index in [0.717, 1.165) is 45.6 Å². The molecule has 3 aliphatic heterocycles. The molecule has 1 amide bonds. The van der Waals surface area contributed by atoms with Crippen LogP contribution in [-0.4, -0.2) is 49.7 Å². The number of nitrogens with zero attached hydrogens (tertiary/aromatic N) is 1. The molecule has 0 bridgehead atoms. The number of likely N-dealkylation sites (tertiary alicyclic amines) is 1. The van der Waals surface area contributed by atoms with E-state index >= 15 is 0 Å². The Morgan fingerprint density at radius 3 is 2.90 bits per heavy atom. The maximum Gasteiger partial charge on any atom is 0.222 e. The average molecular weight is 294 g/mol. The summed E-state index contributed by atoms with van der Waals surface area (Å²) in [5, 5.41) is 3.53. The van der Waals surface area contributed by atoms with Gasteiger partial charge in [0, 0.05) is 38.1 Å². The Kier molecular flexibility index (Phi) is 5.17. The molecule has 4 heteroatoms. The first-order valence-corrected chi connectivity index (χ1v) is 8.88. The second kappa shape index (κ2) is 7.10. The third-order valence-electron chi connectivity index (χ3n) is 5.53. The van der Waals surface area contributed by atoms with Gasteiger partial charge in [0.25, 0.3) is 0 Å². The topological polar surface area (TPSA) is 41.6 Å². The molecule has 3 fully saturated rings. The van der Waals surface area contributed by atoms with Gasteiger partial charge in [0.15, 0.2) is 0 Å². The summed E-state index contributed by atoms with van der Waals surface area (Å²) < 4.78 is 5.74. The number of hydrogen-bond donors (Lipinski definition) is 1. The summed E-state index contributed by atoms with van der Waals surface area (Å²) >= 11 is 0. The minimum Gasteiger partial charge on any atom is -0.378 e. The summed E-state index contributed by atoms with van der Waals surface area (Å²) in [4.78, 5) is 14.7. The Morgan fingerprint density at radius 2 is 2.14 bits per heavy atom. The highest BCUT2D eigenvalue weighted by molar-refractivity contribution is 5.76. The van der Waals surface area contributed by atoms with E-state index in [2.05, 4.69) is 10.2 Å². The van der Waals surface area contributed by atoms with Crippen molar-refractivity contribution in [3.8, 4) is 0 Å². The summed E-state index contributed by atoms with van der Waals surface area (Å²) in [6.07, 6.45) is 10.5. The van der Waals surface area contributed by atoms with Crippen molar-refractivity contribution in [2.24, 2.45) is 5.41 Å². The molecule has 0 aromatic carbocycles. The molecule has 120 valence electrons. The van der Waals surface area contributed by atoms with Gasteiger partial charge in [-0.15, -0.1) is 0 Å². The van der Waals surface area contributed by atoms with Crippen LogP contribution in [0.3, 0.4) is 0 Å². The summed E-state index contributed by atoms with van der Waals surface area (Å²) in [7, 11) is 0. The van der Waals surface area contributed by atoms with Gasteiger partial charge in [-0.1, -0.05) is 0 Å². The lowest BCUT2D eigenvalue weighted by Crippen LogP contribution is -2.52. The molecule has 0 saturated carbocycles. The third kappa shape index (κ3) is 3.98. The highest BCUT2D eigenvalue weighted by atomic mass is 16.5. The average Bonchev–Trinajstić information content (AvgIpc) is 2.54. The Hall–Kier alpha value is -0.610. The number of amides is 1. The van der Waals surface area contributed by atoms with Gasteiger partial charge in [-0.25, -0.2) is 0 Å². The van der Waals surface area contributed by atoms with Crippen LogP contribution in [0.25, 0.3) is 0 Å². The molecule has 0 aromatic rings. The smallest absolute Gasteiger partial charge is 0.222 e. The van der Waals surface area contributed by atoms with Crippen LogP contribution in [0.4, 0.5) is 0 Å². The van der Waals surface area contributed by atoms with Gasteiger partial charge in [0.1, 0.15) is 0 Å². The van der Waals surface area contributed by atoms with Gasteiger partial charge in [0.05, 0.1) is 6.10 Å². The molecule has 4 nitrogen and oxygen atoms in total. The normalized spacial score (nSPS) is 34.1. The van der Waals surface area contributed by atoms with E-state index in [4.69, 9.17) is 4.74 Å². The second-order valence-corrected chi connectivity index (χ2v) is 7.23. The first kappa shape index (κ1) is 15.3. The van der Waals surface area contributed by atoms with E-state index in [9.17, 15) is 4.79 Å². The Labute approximate surface area is 128 Å². The van der Waals surface area contributed by atoms with Crippen LogP contribution in [0.5, 0.6) is 0 Å². The number of ether oxygens (including phenoxy) is 1. The molecule has 0 aromatic heterocycles. The molecule has 0 radical (unpaired) electrons. The van der Waals surface area contributed by atoms with Crippen LogP contribution in [0.15, 0.2) is 0 Å². The molecule has 1 N–H and O–H groups in total. The maximum atomic E-state index is 12.5. The van der Waals surface area contributed by atoms with Gasteiger partial charge in [-0.2, -0.15) is 0 Å². The fourth-order valence-electron chi connectivity index (χ4n) is 4.28. The van der Waals surface area contributed by atoms with E-state index in [-0.39, 0.29) is 0 Å². The molecule has 3 aliphatic rings.